The van der Waals surface area contributed by atoms with Crippen LogP contribution in [0, 0.1) is 28.1 Å². The number of carbonyl (C=O) groups excluding carboxylic acids is 1. The van der Waals surface area contributed by atoms with Crippen molar-refractivity contribution in [1.29, 1.82) is 0 Å². The number of allylic oxidation sites excluding steroid dienone is 2. The standard InChI is InChI=1S/C20H34O2/c1-14-8-9-16(17(14,3)4)19(7,22)12-20(13-21)11-10-15(2)18(20,5)6/h8,13,15-16,22H,9-12H2,1-7H3. The van der Waals surface area contributed by atoms with Gasteiger partial charge in [-0.3, -0.25) is 0 Å². The lowest BCUT2D eigenvalue weighted by Gasteiger charge is -2.48. The molecule has 0 aromatic rings. The van der Waals surface area contributed by atoms with E-state index >= 15 is 0 Å². The highest BCUT2D eigenvalue weighted by Gasteiger charge is 2.57. The molecule has 2 heteroatoms. The van der Waals surface area contributed by atoms with Crippen LogP contribution in [-0.2, 0) is 4.79 Å². The Morgan fingerprint density at radius 1 is 1.36 bits per heavy atom. The van der Waals surface area contributed by atoms with Gasteiger partial charge in [0.2, 0.25) is 0 Å². The van der Waals surface area contributed by atoms with Crippen molar-refractivity contribution in [1.82, 2.24) is 0 Å². The summed E-state index contributed by atoms with van der Waals surface area (Å²) in [6.45, 7) is 15.2. The van der Waals surface area contributed by atoms with Gasteiger partial charge in [-0.25, -0.2) is 0 Å². The molecule has 0 amide bonds. The molecular weight excluding hydrogens is 272 g/mol. The second kappa shape index (κ2) is 5.19. The zero-order valence-corrected chi connectivity index (χ0v) is 15.5. The van der Waals surface area contributed by atoms with Gasteiger partial charge >= 0.3 is 0 Å². The summed E-state index contributed by atoms with van der Waals surface area (Å²) >= 11 is 0. The highest BCUT2D eigenvalue weighted by molar-refractivity contribution is 5.62. The summed E-state index contributed by atoms with van der Waals surface area (Å²) in [5.41, 5.74) is 0.0889. The fourth-order valence-electron chi connectivity index (χ4n) is 5.14. The van der Waals surface area contributed by atoms with E-state index in [0.29, 0.717) is 12.3 Å². The smallest absolute Gasteiger partial charge is 0.126 e. The van der Waals surface area contributed by atoms with Crippen LogP contribution in [0.25, 0.3) is 0 Å². The minimum atomic E-state index is -0.819. The van der Waals surface area contributed by atoms with Crippen LogP contribution in [-0.4, -0.2) is 17.0 Å². The van der Waals surface area contributed by atoms with Gasteiger partial charge in [0.1, 0.15) is 6.29 Å². The molecule has 0 spiro atoms. The lowest BCUT2D eigenvalue weighted by molar-refractivity contribution is -0.134. The van der Waals surface area contributed by atoms with Crippen molar-refractivity contribution in [3.8, 4) is 0 Å². The predicted molar refractivity (Wildman–Crippen MR) is 91.6 cm³/mol. The van der Waals surface area contributed by atoms with E-state index < -0.39 is 11.0 Å². The van der Waals surface area contributed by atoms with Gasteiger partial charge in [-0.05, 0) is 62.2 Å². The maximum absolute atomic E-state index is 12.1. The van der Waals surface area contributed by atoms with Crippen LogP contribution in [0.4, 0.5) is 0 Å². The average molecular weight is 306 g/mol. The molecule has 0 saturated heterocycles. The predicted octanol–water partition coefficient (Wildman–Crippen LogP) is 4.76. The first kappa shape index (κ1) is 17.7. The van der Waals surface area contributed by atoms with E-state index in [0.717, 1.165) is 25.5 Å². The largest absolute Gasteiger partial charge is 0.390 e. The first-order chi connectivity index (χ1) is 9.91. The Bertz CT molecular complexity index is 484. The summed E-state index contributed by atoms with van der Waals surface area (Å²) in [5, 5.41) is 11.4. The van der Waals surface area contributed by atoms with Crippen molar-refractivity contribution < 1.29 is 9.90 Å². The molecule has 1 N–H and O–H groups in total. The molecule has 1 fully saturated rings. The van der Waals surface area contributed by atoms with Crippen LogP contribution in [0.1, 0.15) is 74.1 Å². The Balaban J connectivity index is 2.30. The van der Waals surface area contributed by atoms with Gasteiger partial charge in [0.25, 0.3) is 0 Å². The molecule has 0 heterocycles. The third-order valence-corrected chi connectivity index (χ3v) is 7.74. The molecular formula is C20H34O2. The second-order valence-corrected chi connectivity index (χ2v) is 9.37. The van der Waals surface area contributed by atoms with Crippen molar-refractivity contribution in [2.24, 2.45) is 28.1 Å². The minimum Gasteiger partial charge on any atom is -0.390 e. The molecule has 0 radical (unpaired) electrons. The van der Waals surface area contributed by atoms with E-state index in [1.807, 2.05) is 6.92 Å². The summed E-state index contributed by atoms with van der Waals surface area (Å²) in [6, 6.07) is 0. The van der Waals surface area contributed by atoms with Crippen LogP contribution in [0.2, 0.25) is 0 Å². The van der Waals surface area contributed by atoms with Gasteiger partial charge in [0.05, 0.1) is 5.60 Å². The molecule has 2 aliphatic rings. The third-order valence-electron chi connectivity index (χ3n) is 7.74. The van der Waals surface area contributed by atoms with Crippen molar-refractivity contribution >= 4 is 6.29 Å². The Morgan fingerprint density at radius 2 is 1.95 bits per heavy atom. The van der Waals surface area contributed by atoms with Gasteiger partial charge in [-0.1, -0.05) is 46.3 Å². The highest BCUT2D eigenvalue weighted by Crippen LogP contribution is 2.60. The SMILES string of the molecule is CC1=CCC(C(C)(O)CC2(C=O)CCC(C)C2(C)C)C1(C)C. The lowest BCUT2D eigenvalue weighted by atomic mass is 9.58. The summed E-state index contributed by atoms with van der Waals surface area (Å²) in [6.07, 6.45) is 6.89. The first-order valence-corrected chi connectivity index (χ1v) is 8.77. The molecule has 0 bridgehead atoms. The molecule has 0 aliphatic heterocycles. The molecule has 2 aliphatic carbocycles. The Labute approximate surface area is 136 Å². The zero-order chi connectivity index (χ0) is 17.0. The van der Waals surface area contributed by atoms with Gasteiger partial charge in [-0.15, -0.1) is 0 Å². The van der Waals surface area contributed by atoms with Gasteiger partial charge < -0.3 is 9.90 Å². The maximum atomic E-state index is 12.1. The number of rotatable bonds is 4. The summed E-state index contributed by atoms with van der Waals surface area (Å²) < 4.78 is 0. The number of hydrogen-bond acceptors (Lipinski definition) is 2. The first-order valence-electron chi connectivity index (χ1n) is 8.77. The molecule has 1 saturated carbocycles. The second-order valence-electron chi connectivity index (χ2n) is 9.37. The summed E-state index contributed by atoms with van der Waals surface area (Å²) in [7, 11) is 0. The molecule has 0 aromatic heterocycles. The van der Waals surface area contributed by atoms with E-state index in [2.05, 4.69) is 47.6 Å². The molecule has 4 atom stereocenters. The van der Waals surface area contributed by atoms with Crippen molar-refractivity contribution in [3.05, 3.63) is 11.6 Å². The van der Waals surface area contributed by atoms with E-state index in [1.54, 1.807) is 0 Å². The van der Waals surface area contributed by atoms with Gasteiger partial charge in [0.15, 0.2) is 0 Å². The number of carbonyl (C=O) groups is 1. The number of aliphatic hydroxyl groups is 1. The van der Waals surface area contributed by atoms with E-state index in [1.165, 1.54) is 5.57 Å². The van der Waals surface area contributed by atoms with E-state index in [9.17, 15) is 9.90 Å². The summed E-state index contributed by atoms with van der Waals surface area (Å²) in [5.74, 6) is 0.702. The van der Waals surface area contributed by atoms with Crippen LogP contribution in [0.15, 0.2) is 11.6 Å². The Morgan fingerprint density at radius 3 is 2.32 bits per heavy atom. The van der Waals surface area contributed by atoms with Crippen LogP contribution < -0.4 is 0 Å². The Kier molecular flexibility index (Phi) is 4.18. The lowest BCUT2D eigenvalue weighted by Crippen LogP contribution is -2.49. The molecule has 22 heavy (non-hydrogen) atoms. The monoisotopic (exact) mass is 306 g/mol. The normalized spacial score (nSPS) is 39.4. The number of aldehydes is 1. The van der Waals surface area contributed by atoms with Crippen molar-refractivity contribution in [2.75, 3.05) is 0 Å². The zero-order valence-electron chi connectivity index (χ0n) is 15.5. The van der Waals surface area contributed by atoms with Gasteiger partial charge in [-0.2, -0.15) is 0 Å². The fourth-order valence-corrected chi connectivity index (χ4v) is 5.14. The highest BCUT2D eigenvalue weighted by atomic mass is 16.3. The fraction of sp³-hybridized carbons (Fsp3) is 0.850. The number of hydrogen-bond donors (Lipinski definition) is 1. The molecule has 4 unspecified atom stereocenters. The topological polar surface area (TPSA) is 37.3 Å². The quantitative estimate of drug-likeness (QED) is 0.600. The van der Waals surface area contributed by atoms with Crippen LogP contribution >= 0.6 is 0 Å². The molecule has 2 nitrogen and oxygen atoms in total. The van der Waals surface area contributed by atoms with Crippen LogP contribution in [0.5, 0.6) is 0 Å². The van der Waals surface area contributed by atoms with Crippen LogP contribution in [0.3, 0.4) is 0 Å². The Hall–Kier alpha value is -0.630. The van der Waals surface area contributed by atoms with Crippen molar-refractivity contribution in [2.45, 2.75) is 79.8 Å². The molecule has 0 aromatic carbocycles. The minimum absolute atomic E-state index is 0.00192. The van der Waals surface area contributed by atoms with Gasteiger partial charge in [0, 0.05) is 5.41 Å². The molecule has 2 rings (SSSR count). The van der Waals surface area contributed by atoms with E-state index in [4.69, 9.17) is 0 Å². The van der Waals surface area contributed by atoms with Crippen molar-refractivity contribution in [3.63, 3.8) is 0 Å². The average Bonchev–Trinajstić information content (AvgIpc) is 2.79. The molecule has 126 valence electrons. The third kappa shape index (κ3) is 2.38. The maximum Gasteiger partial charge on any atom is 0.126 e. The van der Waals surface area contributed by atoms with E-state index in [-0.39, 0.29) is 16.7 Å². The summed E-state index contributed by atoms with van der Waals surface area (Å²) in [4.78, 5) is 12.1.